The van der Waals surface area contributed by atoms with Crippen molar-refractivity contribution >= 4 is 0 Å². The number of hydrogen-bond donors (Lipinski definition) is 0. The molecule has 1 aliphatic carbocycles. The van der Waals surface area contributed by atoms with E-state index in [9.17, 15) is 0 Å². The molecular formula is C14H12O. The highest BCUT2D eigenvalue weighted by Crippen LogP contribution is 2.30. The maximum atomic E-state index is 5.90. The Balaban J connectivity index is 2.07. The van der Waals surface area contributed by atoms with Crippen molar-refractivity contribution in [2.75, 3.05) is 0 Å². The lowest BCUT2D eigenvalue weighted by atomic mass is 10.0. The van der Waals surface area contributed by atoms with Gasteiger partial charge in [-0.15, -0.1) is 0 Å². The molecule has 0 bridgehead atoms. The van der Waals surface area contributed by atoms with Gasteiger partial charge in [-0.1, -0.05) is 36.4 Å². The highest BCUT2D eigenvalue weighted by Gasteiger charge is 2.14. The van der Waals surface area contributed by atoms with Crippen LogP contribution in [-0.4, -0.2) is 0 Å². The van der Waals surface area contributed by atoms with Gasteiger partial charge >= 0.3 is 0 Å². The molecule has 0 atom stereocenters. The van der Waals surface area contributed by atoms with Crippen molar-refractivity contribution in [2.45, 2.75) is 12.8 Å². The van der Waals surface area contributed by atoms with Crippen LogP contribution in [0.1, 0.15) is 12.0 Å². The zero-order valence-electron chi connectivity index (χ0n) is 8.44. The first-order chi connectivity index (χ1) is 7.43. The average Bonchev–Trinajstić information content (AvgIpc) is 2.48. The van der Waals surface area contributed by atoms with Gasteiger partial charge in [-0.3, -0.25) is 0 Å². The molecule has 1 aromatic carbocycles. The molecule has 2 aliphatic rings. The number of para-hydroxylation sites is 1. The smallest absolute Gasteiger partial charge is 0.130 e. The molecule has 1 nitrogen and oxygen atoms in total. The standard InChI is InChI=1S/C14H12O/c1-3-7-13-11(5-1)9-10-12-6-2-4-8-14(12)15-13/h1-5,7-8,10H,6,9H2. The van der Waals surface area contributed by atoms with Crippen LogP contribution >= 0.6 is 0 Å². The highest BCUT2D eigenvalue weighted by molar-refractivity contribution is 5.45. The quantitative estimate of drug-likeness (QED) is 0.618. The average molecular weight is 196 g/mol. The molecule has 0 fully saturated rings. The van der Waals surface area contributed by atoms with Crippen LogP contribution in [0.2, 0.25) is 0 Å². The third-order valence-corrected chi connectivity index (χ3v) is 2.80. The summed E-state index contributed by atoms with van der Waals surface area (Å²) in [5.74, 6) is 1.99. The van der Waals surface area contributed by atoms with Gasteiger partial charge in [0.25, 0.3) is 0 Å². The Labute approximate surface area is 89.4 Å². The predicted octanol–water partition coefficient (Wildman–Crippen LogP) is 3.39. The molecule has 3 rings (SSSR count). The second kappa shape index (κ2) is 3.43. The molecule has 0 amide bonds. The number of benzene rings is 1. The van der Waals surface area contributed by atoms with Crippen molar-refractivity contribution in [3.63, 3.8) is 0 Å². The topological polar surface area (TPSA) is 9.23 Å². The fourth-order valence-electron chi connectivity index (χ4n) is 1.97. The van der Waals surface area contributed by atoms with Crippen LogP contribution in [-0.2, 0) is 6.42 Å². The first-order valence-corrected chi connectivity index (χ1v) is 5.25. The van der Waals surface area contributed by atoms with Gasteiger partial charge in [0, 0.05) is 0 Å². The minimum atomic E-state index is 0.969. The molecule has 74 valence electrons. The Morgan fingerprint density at radius 1 is 1.07 bits per heavy atom. The van der Waals surface area contributed by atoms with Gasteiger partial charge in [-0.2, -0.15) is 0 Å². The van der Waals surface area contributed by atoms with Crippen LogP contribution in [0.5, 0.6) is 5.75 Å². The van der Waals surface area contributed by atoms with Crippen molar-refractivity contribution in [3.8, 4) is 5.75 Å². The van der Waals surface area contributed by atoms with Gasteiger partial charge in [0.2, 0.25) is 0 Å². The summed E-state index contributed by atoms with van der Waals surface area (Å²) in [6.07, 6.45) is 10.5. The van der Waals surface area contributed by atoms with Gasteiger partial charge in [0.1, 0.15) is 11.5 Å². The van der Waals surface area contributed by atoms with Crippen molar-refractivity contribution in [1.82, 2.24) is 0 Å². The SMILES string of the molecule is C1=CCC2=CCc3ccccc3OC2=C1. The number of allylic oxidation sites excluding steroid dienone is 5. The number of hydrogen-bond acceptors (Lipinski definition) is 1. The van der Waals surface area contributed by atoms with Crippen molar-refractivity contribution < 1.29 is 4.74 Å². The Kier molecular flexibility index (Phi) is 1.95. The Morgan fingerprint density at radius 2 is 2.00 bits per heavy atom. The number of ether oxygens (including phenoxy) is 1. The van der Waals surface area contributed by atoms with Crippen LogP contribution in [0.25, 0.3) is 0 Å². The molecule has 0 saturated carbocycles. The Morgan fingerprint density at radius 3 is 3.00 bits per heavy atom. The number of rotatable bonds is 0. The molecule has 1 aromatic rings. The van der Waals surface area contributed by atoms with E-state index in [0.717, 1.165) is 24.4 Å². The minimum Gasteiger partial charge on any atom is -0.457 e. The van der Waals surface area contributed by atoms with E-state index in [1.807, 2.05) is 18.2 Å². The van der Waals surface area contributed by atoms with E-state index in [2.05, 4.69) is 30.4 Å². The molecule has 0 radical (unpaired) electrons. The summed E-state index contributed by atoms with van der Waals surface area (Å²) in [5, 5.41) is 0. The Bertz CT molecular complexity index is 478. The molecule has 0 spiro atoms. The van der Waals surface area contributed by atoms with Gasteiger partial charge < -0.3 is 4.74 Å². The summed E-state index contributed by atoms with van der Waals surface area (Å²) in [6.45, 7) is 0. The second-order valence-electron chi connectivity index (χ2n) is 3.81. The highest BCUT2D eigenvalue weighted by atomic mass is 16.5. The Hall–Kier alpha value is -1.76. The van der Waals surface area contributed by atoms with Gasteiger partial charge in [0.05, 0.1) is 0 Å². The number of fused-ring (bicyclic) bond motifs is 2. The van der Waals surface area contributed by atoms with E-state index in [0.29, 0.717) is 0 Å². The summed E-state index contributed by atoms with van der Waals surface area (Å²) < 4.78 is 5.90. The van der Waals surface area contributed by atoms with E-state index >= 15 is 0 Å². The summed E-state index contributed by atoms with van der Waals surface area (Å²) in [6, 6.07) is 8.23. The summed E-state index contributed by atoms with van der Waals surface area (Å²) in [4.78, 5) is 0. The predicted molar refractivity (Wildman–Crippen MR) is 60.7 cm³/mol. The zero-order valence-corrected chi connectivity index (χ0v) is 8.44. The third kappa shape index (κ3) is 1.50. The first kappa shape index (κ1) is 8.54. The van der Waals surface area contributed by atoms with Crippen molar-refractivity contribution in [3.05, 3.63) is 65.5 Å². The molecule has 15 heavy (non-hydrogen) atoms. The monoisotopic (exact) mass is 196 g/mol. The van der Waals surface area contributed by atoms with Crippen LogP contribution < -0.4 is 4.74 Å². The van der Waals surface area contributed by atoms with E-state index in [1.165, 1.54) is 11.1 Å². The van der Waals surface area contributed by atoms with E-state index in [1.54, 1.807) is 0 Å². The minimum absolute atomic E-state index is 0.969. The molecular weight excluding hydrogens is 184 g/mol. The van der Waals surface area contributed by atoms with Gasteiger partial charge in [-0.05, 0) is 36.1 Å². The van der Waals surface area contributed by atoms with Crippen LogP contribution in [0.15, 0.2) is 59.9 Å². The fraction of sp³-hybridized carbons (Fsp3) is 0.143. The molecule has 0 saturated heterocycles. The van der Waals surface area contributed by atoms with Crippen LogP contribution in [0.3, 0.4) is 0 Å². The summed E-state index contributed by atoms with van der Waals surface area (Å²) >= 11 is 0. The molecule has 1 heteroatoms. The first-order valence-electron chi connectivity index (χ1n) is 5.25. The molecule has 0 aromatic heterocycles. The van der Waals surface area contributed by atoms with Crippen LogP contribution in [0, 0.1) is 0 Å². The lowest BCUT2D eigenvalue weighted by Gasteiger charge is -2.13. The lowest BCUT2D eigenvalue weighted by Crippen LogP contribution is -1.99. The van der Waals surface area contributed by atoms with E-state index < -0.39 is 0 Å². The van der Waals surface area contributed by atoms with Crippen molar-refractivity contribution in [1.29, 1.82) is 0 Å². The fourth-order valence-corrected chi connectivity index (χ4v) is 1.97. The van der Waals surface area contributed by atoms with E-state index in [-0.39, 0.29) is 0 Å². The van der Waals surface area contributed by atoms with Crippen LogP contribution in [0.4, 0.5) is 0 Å². The maximum absolute atomic E-state index is 5.90. The molecule has 0 N–H and O–H groups in total. The van der Waals surface area contributed by atoms with Crippen molar-refractivity contribution in [2.24, 2.45) is 0 Å². The zero-order chi connectivity index (χ0) is 10.1. The molecule has 1 aliphatic heterocycles. The summed E-state index contributed by atoms with van der Waals surface area (Å²) in [5.41, 5.74) is 2.56. The maximum Gasteiger partial charge on any atom is 0.130 e. The normalized spacial score (nSPS) is 17.9. The van der Waals surface area contributed by atoms with E-state index in [4.69, 9.17) is 4.74 Å². The summed E-state index contributed by atoms with van der Waals surface area (Å²) in [7, 11) is 0. The largest absolute Gasteiger partial charge is 0.457 e. The third-order valence-electron chi connectivity index (χ3n) is 2.80. The van der Waals surface area contributed by atoms with Gasteiger partial charge in [-0.25, -0.2) is 0 Å². The van der Waals surface area contributed by atoms with Gasteiger partial charge in [0.15, 0.2) is 0 Å². The molecule has 1 heterocycles. The lowest BCUT2D eigenvalue weighted by molar-refractivity contribution is 0.433. The molecule has 0 unspecified atom stereocenters. The second-order valence-corrected chi connectivity index (χ2v) is 3.81.